The number of hydrogen-bond acceptors (Lipinski definition) is 7. The Bertz CT molecular complexity index is 553. The van der Waals surface area contributed by atoms with Gasteiger partial charge in [0, 0.05) is 39.3 Å². The highest BCUT2D eigenvalue weighted by Crippen LogP contribution is 2.06. The van der Waals surface area contributed by atoms with E-state index in [1.807, 2.05) is 0 Å². The fraction of sp³-hybridized carbons (Fsp3) is 0.786. The maximum atomic E-state index is 3.58. The molecule has 0 aliphatic carbocycles. The molecule has 35 heavy (non-hydrogen) atoms. The fourth-order valence-electron chi connectivity index (χ4n) is 3.98. The summed E-state index contributed by atoms with van der Waals surface area (Å²) in [6.45, 7) is 22.7. The average Bonchev–Trinajstić information content (AvgIpc) is 2.88. The van der Waals surface area contributed by atoms with Crippen molar-refractivity contribution < 1.29 is 0 Å². The zero-order chi connectivity index (χ0) is 25.2. The smallest absolute Gasteiger partial charge is 0.0205 e. The van der Waals surface area contributed by atoms with Gasteiger partial charge in [-0.2, -0.15) is 0 Å². The Morgan fingerprint density at radius 1 is 0.486 bits per heavy atom. The average molecular weight is 492 g/mol. The molecule has 0 aliphatic heterocycles. The van der Waals surface area contributed by atoms with E-state index in [0.717, 1.165) is 104 Å². The Morgan fingerprint density at radius 2 is 1.00 bits per heavy atom. The van der Waals surface area contributed by atoms with Gasteiger partial charge in [0.05, 0.1) is 0 Å². The van der Waals surface area contributed by atoms with Gasteiger partial charge in [0.25, 0.3) is 0 Å². The molecule has 0 fully saturated rings. The summed E-state index contributed by atoms with van der Waals surface area (Å²) in [6, 6.07) is 9.20. The van der Waals surface area contributed by atoms with E-state index in [1.165, 1.54) is 30.5 Å². The maximum absolute atomic E-state index is 3.58. The van der Waals surface area contributed by atoms with Gasteiger partial charge < -0.3 is 36.8 Å². The van der Waals surface area contributed by atoms with Gasteiger partial charge in [0.2, 0.25) is 0 Å². The number of nitrogens with one attached hydrogen (secondary N) is 6. The van der Waals surface area contributed by atoms with E-state index in [2.05, 4.69) is 81.8 Å². The highest BCUT2D eigenvalue weighted by Gasteiger charge is 2.05. The van der Waals surface area contributed by atoms with Crippen LogP contribution in [0, 0.1) is 0 Å². The molecule has 7 heteroatoms. The van der Waals surface area contributed by atoms with E-state index >= 15 is 0 Å². The molecule has 7 nitrogen and oxygen atoms in total. The van der Waals surface area contributed by atoms with Gasteiger partial charge in [0.15, 0.2) is 0 Å². The van der Waals surface area contributed by atoms with Crippen molar-refractivity contribution in [2.24, 2.45) is 0 Å². The molecule has 0 unspecified atom stereocenters. The van der Waals surface area contributed by atoms with Crippen LogP contribution in [-0.2, 0) is 13.0 Å². The van der Waals surface area contributed by atoms with Crippen molar-refractivity contribution in [3.8, 4) is 0 Å². The highest BCUT2D eigenvalue weighted by atomic mass is 15.1. The van der Waals surface area contributed by atoms with Crippen LogP contribution < -0.4 is 31.9 Å². The minimum absolute atomic E-state index is 0.951. The van der Waals surface area contributed by atoms with Crippen molar-refractivity contribution in [2.75, 3.05) is 91.6 Å². The van der Waals surface area contributed by atoms with Gasteiger partial charge in [-0.3, -0.25) is 0 Å². The molecule has 0 aliphatic rings. The molecule has 0 aromatic heterocycles. The number of likely N-dealkylation sites (N-methyl/N-ethyl adjacent to an activating group) is 1. The third-order valence-corrected chi connectivity index (χ3v) is 6.14. The molecule has 0 radical (unpaired) electrons. The van der Waals surface area contributed by atoms with Crippen LogP contribution in [0.1, 0.15) is 51.2 Å². The van der Waals surface area contributed by atoms with Crippen LogP contribution >= 0.6 is 0 Å². The molecule has 1 aromatic carbocycles. The number of hydrogen-bond donors (Lipinski definition) is 6. The van der Waals surface area contributed by atoms with E-state index in [4.69, 9.17) is 0 Å². The number of rotatable bonds is 26. The van der Waals surface area contributed by atoms with Crippen LogP contribution in [0.15, 0.2) is 24.3 Å². The molecule has 0 saturated heterocycles. The Labute approximate surface area is 217 Å². The second kappa shape index (κ2) is 24.6. The highest BCUT2D eigenvalue weighted by molar-refractivity contribution is 5.22. The number of nitrogens with zero attached hydrogens (tertiary/aromatic N) is 1. The first-order chi connectivity index (χ1) is 17.3. The summed E-state index contributed by atoms with van der Waals surface area (Å²) < 4.78 is 0. The minimum Gasteiger partial charge on any atom is -0.317 e. The van der Waals surface area contributed by atoms with E-state index in [-0.39, 0.29) is 0 Å². The quantitative estimate of drug-likeness (QED) is 0.110. The standard InChI is InChI=1S/C28H57N7/c1-4-29-15-7-16-32-20-21-33-17-8-18-34-26-28-12-10-27(11-13-28)14-24-35(25-22-31-6-3)23-9-19-30-5-2/h10-13,29-34H,4-9,14-26H2,1-3H3. The van der Waals surface area contributed by atoms with Crippen molar-refractivity contribution >= 4 is 0 Å². The second-order valence-electron chi connectivity index (χ2n) is 9.21. The summed E-state index contributed by atoms with van der Waals surface area (Å²) in [6.07, 6.45) is 4.70. The predicted molar refractivity (Wildman–Crippen MR) is 154 cm³/mol. The lowest BCUT2D eigenvalue weighted by Crippen LogP contribution is -2.35. The van der Waals surface area contributed by atoms with Crippen molar-refractivity contribution in [3.63, 3.8) is 0 Å². The van der Waals surface area contributed by atoms with Crippen LogP contribution in [0.3, 0.4) is 0 Å². The van der Waals surface area contributed by atoms with Gasteiger partial charge in [-0.15, -0.1) is 0 Å². The minimum atomic E-state index is 0.951. The normalized spacial score (nSPS) is 11.5. The lowest BCUT2D eigenvalue weighted by molar-refractivity contribution is 0.272. The van der Waals surface area contributed by atoms with Gasteiger partial charge in [0.1, 0.15) is 0 Å². The summed E-state index contributed by atoms with van der Waals surface area (Å²) in [4.78, 5) is 2.60. The first-order valence-corrected chi connectivity index (χ1v) is 14.3. The zero-order valence-corrected chi connectivity index (χ0v) is 23.2. The Morgan fingerprint density at radius 3 is 1.63 bits per heavy atom. The van der Waals surface area contributed by atoms with Crippen molar-refractivity contribution in [3.05, 3.63) is 35.4 Å². The predicted octanol–water partition coefficient (Wildman–Crippen LogP) is 1.80. The van der Waals surface area contributed by atoms with E-state index in [0.29, 0.717) is 0 Å². The third-order valence-electron chi connectivity index (χ3n) is 6.14. The summed E-state index contributed by atoms with van der Waals surface area (Å²) >= 11 is 0. The summed E-state index contributed by atoms with van der Waals surface area (Å²) in [7, 11) is 0. The van der Waals surface area contributed by atoms with E-state index in [9.17, 15) is 0 Å². The van der Waals surface area contributed by atoms with Crippen LogP contribution in [0.25, 0.3) is 0 Å². The molecule has 0 amide bonds. The van der Waals surface area contributed by atoms with Crippen molar-refractivity contribution in [2.45, 2.75) is 53.0 Å². The van der Waals surface area contributed by atoms with Crippen molar-refractivity contribution in [1.29, 1.82) is 0 Å². The van der Waals surface area contributed by atoms with E-state index < -0.39 is 0 Å². The Hall–Kier alpha value is -1.06. The first-order valence-electron chi connectivity index (χ1n) is 14.3. The Kier molecular flexibility index (Phi) is 22.5. The maximum Gasteiger partial charge on any atom is 0.0205 e. The largest absolute Gasteiger partial charge is 0.317 e. The third kappa shape index (κ3) is 19.8. The van der Waals surface area contributed by atoms with Gasteiger partial charge in [-0.1, -0.05) is 45.0 Å². The monoisotopic (exact) mass is 491 g/mol. The lowest BCUT2D eigenvalue weighted by Gasteiger charge is -2.22. The first kappa shape index (κ1) is 32.0. The van der Waals surface area contributed by atoms with Gasteiger partial charge >= 0.3 is 0 Å². The number of benzene rings is 1. The molecule has 0 heterocycles. The molecule has 0 spiro atoms. The molecule has 1 rings (SSSR count). The topological polar surface area (TPSA) is 75.4 Å². The molecule has 6 N–H and O–H groups in total. The molecule has 1 aromatic rings. The molecular formula is C28H57N7. The van der Waals surface area contributed by atoms with Crippen molar-refractivity contribution in [1.82, 2.24) is 36.8 Å². The second-order valence-corrected chi connectivity index (χ2v) is 9.21. The fourth-order valence-corrected chi connectivity index (χ4v) is 3.98. The van der Waals surface area contributed by atoms with Crippen LogP contribution in [-0.4, -0.2) is 96.5 Å². The van der Waals surface area contributed by atoms with Crippen LogP contribution in [0.5, 0.6) is 0 Å². The zero-order valence-electron chi connectivity index (χ0n) is 23.2. The summed E-state index contributed by atoms with van der Waals surface area (Å²) in [5.74, 6) is 0. The summed E-state index contributed by atoms with van der Waals surface area (Å²) in [5.41, 5.74) is 2.81. The lowest BCUT2D eigenvalue weighted by atomic mass is 10.1. The van der Waals surface area contributed by atoms with Gasteiger partial charge in [-0.05, 0) is 95.7 Å². The van der Waals surface area contributed by atoms with Gasteiger partial charge in [-0.25, -0.2) is 0 Å². The molecule has 0 atom stereocenters. The van der Waals surface area contributed by atoms with Crippen LogP contribution in [0.4, 0.5) is 0 Å². The molecular weight excluding hydrogens is 434 g/mol. The molecule has 0 bridgehead atoms. The SMILES string of the molecule is CCNCCCNCCNCCCNCc1ccc(CCN(CCCNCC)CCNCC)cc1. The Balaban J connectivity index is 2.10. The van der Waals surface area contributed by atoms with Crippen LogP contribution in [0.2, 0.25) is 0 Å². The summed E-state index contributed by atoms with van der Waals surface area (Å²) in [5, 5.41) is 20.8. The molecule has 0 saturated carbocycles. The van der Waals surface area contributed by atoms with E-state index in [1.54, 1.807) is 0 Å². The molecule has 204 valence electrons.